The molecule has 4 nitrogen and oxygen atoms in total. The summed E-state index contributed by atoms with van der Waals surface area (Å²) < 4.78 is 26.8. The van der Waals surface area contributed by atoms with Gasteiger partial charge < -0.3 is 0 Å². The summed E-state index contributed by atoms with van der Waals surface area (Å²) in [7, 11) is -3.43. The van der Waals surface area contributed by atoms with E-state index in [1.807, 2.05) is 6.26 Å². The fourth-order valence-electron chi connectivity index (χ4n) is 1.25. The van der Waals surface area contributed by atoms with Crippen molar-refractivity contribution in [2.75, 3.05) is 12.8 Å². The summed E-state index contributed by atoms with van der Waals surface area (Å²) in [5.41, 5.74) is 0. The monoisotopic (exact) mass is 298 g/mol. The smallest absolute Gasteiger partial charge is 0.232 e. The summed E-state index contributed by atoms with van der Waals surface area (Å²) in [4.78, 5) is 3.72. The number of sulfonamides is 1. The van der Waals surface area contributed by atoms with Crippen molar-refractivity contribution < 1.29 is 8.42 Å². The largest absolute Gasteiger partial charge is 0.251 e. The topological polar surface area (TPSA) is 59.1 Å². The van der Waals surface area contributed by atoms with E-state index in [9.17, 15) is 8.42 Å². The fourth-order valence-corrected chi connectivity index (χ4v) is 4.54. The van der Waals surface area contributed by atoms with Crippen molar-refractivity contribution in [3.05, 3.63) is 10.7 Å². The molecule has 0 radical (unpaired) electrons. The van der Waals surface area contributed by atoms with E-state index in [-0.39, 0.29) is 13.4 Å². The molecule has 1 aromatic heterocycles. The van der Waals surface area contributed by atoms with Crippen molar-refractivity contribution in [1.82, 2.24) is 9.71 Å². The molecule has 0 bridgehead atoms. The maximum atomic E-state index is 11.8. The molecule has 8 heteroatoms. The number of hydrogen-bond donors (Lipinski definition) is 1. The standard InChI is InChI=1S/C8H11ClN2O2S3/c1-14-8(2-3-8)5-11-16(12,13)6-4-10-7(9)15-6/h4,11H,2-3,5H2,1H3. The highest BCUT2D eigenvalue weighted by Gasteiger charge is 2.42. The first-order valence-corrected chi connectivity index (χ1v) is 8.54. The molecule has 1 heterocycles. The number of thiazole rings is 1. The lowest BCUT2D eigenvalue weighted by molar-refractivity contribution is 0.581. The van der Waals surface area contributed by atoms with Gasteiger partial charge in [-0.25, -0.2) is 18.1 Å². The van der Waals surface area contributed by atoms with Gasteiger partial charge in [0.15, 0.2) is 8.68 Å². The van der Waals surface area contributed by atoms with Crippen molar-refractivity contribution in [1.29, 1.82) is 0 Å². The van der Waals surface area contributed by atoms with Crippen LogP contribution in [0.15, 0.2) is 10.4 Å². The molecule has 0 saturated heterocycles. The van der Waals surface area contributed by atoms with Gasteiger partial charge in [-0.05, 0) is 19.1 Å². The van der Waals surface area contributed by atoms with Crippen molar-refractivity contribution in [3.63, 3.8) is 0 Å². The molecular weight excluding hydrogens is 288 g/mol. The Morgan fingerprint density at radius 1 is 1.69 bits per heavy atom. The lowest BCUT2D eigenvalue weighted by atomic mass is 10.4. The van der Waals surface area contributed by atoms with Gasteiger partial charge >= 0.3 is 0 Å². The molecule has 0 spiro atoms. The van der Waals surface area contributed by atoms with E-state index in [0.29, 0.717) is 6.54 Å². The molecule has 0 amide bonds. The van der Waals surface area contributed by atoms with Gasteiger partial charge in [0.1, 0.15) is 0 Å². The minimum absolute atomic E-state index is 0.113. The van der Waals surface area contributed by atoms with Crippen molar-refractivity contribution >= 4 is 44.7 Å². The molecule has 1 saturated carbocycles. The molecule has 0 aromatic carbocycles. The molecule has 2 rings (SSSR count). The average molecular weight is 299 g/mol. The third kappa shape index (κ3) is 2.70. The second-order valence-corrected chi connectivity index (χ2v) is 8.52. The maximum Gasteiger partial charge on any atom is 0.251 e. The molecule has 1 aliphatic carbocycles. The van der Waals surface area contributed by atoms with Gasteiger partial charge in [0.25, 0.3) is 10.0 Å². The SMILES string of the molecule is CSC1(CNS(=O)(=O)c2cnc(Cl)s2)CC1. The Kier molecular flexibility index (Phi) is 3.52. The van der Waals surface area contributed by atoms with Crippen LogP contribution in [-0.4, -0.2) is 30.9 Å². The second kappa shape index (κ2) is 4.45. The minimum atomic E-state index is -3.43. The molecule has 0 aliphatic heterocycles. The highest BCUT2D eigenvalue weighted by atomic mass is 35.5. The fraction of sp³-hybridized carbons (Fsp3) is 0.625. The number of aromatic nitrogens is 1. The minimum Gasteiger partial charge on any atom is -0.232 e. The maximum absolute atomic E-state index is 11.8. The van der Waals surface area contributed by atoms with Crippen LogP contribution in [0.4, 0.5) is 0 Å². The van der Waals surface area contributed by atoms with Crippen LogP contribution in [-0.2, 0) is 10.0 Å². The molecule has 1 fully saturated rings. The Morgan fingerprint density at radius 2 is 2.38 bits per heavy atom. The van der Waals surface area contributed by atoms with Crippen molar-refractivity contribution in [3.8, 4) is 0 Å². The lowest BCUT2D eigenvalue weighted by Gasteiger charge is -2.12. The van der Waals surface area contributed by atoms with Crippen LogP contribution < -0.4 is 4.72 Å². The van der Waals surface area contributed by atoms with Crippen molar-refractivity contribution in [2.24, 2.45) is 0 Å². The zero-order chi connectivity index (χ0) is 11.8. The van der Waals surface area contributed by atoms with Crippen LogP contribution in [0.3, 0.4) is 0 Å². The summed E-state index contributed by atoms with van der Waals surface area (Å²) in [6.45, 7) is 0.478. The predicted octanol–water partition coefficient (Wildman–Crippen LogP) is 1.97. The highest BCUT2D eigenvalue weighted by Crippen LogP contribution is 2.46. The summed E-state index contributed by atoms with van der Waals surface area (Å²) in [6.07, 6.45) is 5.43. The Morgan fingerprint density at radius 3 is 2.81 bits per heavy atom. The Balaban J connectivity index is 2.04. The van der Waals surface area contributed by atoms with Crippen LogP contribution in [0.1, 0.15) is 12.8 Å². The molecule has 16 heavy (non-hydrogen) atoms. The quantitative estimate of drug-likeness (QED) is 0.903. The zero-order valence-corrected chi connectivity index (χ0v) is 11.8. The van der Waals surface area contributed by atoms with Crippen LogP contribution in [0.25, 0.3) is 0 Å². The highest BCUT2D eigenvalue weighted by molar-refractivity contribution is 8.00. The van der Waals surface area contributed by atoms with E-state index in [0.717, 1.165) is 24.2 Å². The summed E-state index contributed by atoms with van der Waals surface area (Å²) in [5.74, 6) is 0. The van der Waals surface area contributed by atoms with Gasteiger partial charge in [0.2, 0.25) is 0 Å². The van der Waals surface area contributed by atoms with E-state index in [1.54, 1.807) is 11.8 Å². The third-order valence-electron chi connectivity index (χ3n) is 2.55. The van der Waals surface area contributed by atoms with Gasteiger partial charge in [-0.2, -0.15) is 11.8 Å². The molecule has 1 aromatic rings. The van der Waals surface area contributed by atoms with Crippen LogP contribution in [0.5, 0.6) is 0 Å². The van der Waals surface area contributed by atoms with E-state index in [1.165, 1.54) is 6.20 Å². The summed E-state index contributed by atoms with van der Waals surface area (Å²) in [6, 6.07) is 0. The number of halogens is 1. The average Bonchev–Trinajstić information content (AvgIpc) is 2.91. The lowest BCUT2D eigenvalue weighted by Crippen LogP contribution is -2.31. The molecule has 0 atom stereocenters. The van der Waals surface area contributed by atoms with E-state index < -0.39 is 10.0 Å². The predicted molar refractivity (Wildman–Crippen MR) is 67.8 cm³/mol. The number of rotatable bonds is 5. The first kappa shape index (κ1) is 12.6. The second-order valence-electron chi connectivity index (χ2n) is 3.64. The third-order valence-corrected chi connectivity index (χ3v) is 6.94. The first-order chi connectivity index (χ1) is 7.47. The summed E-state index contributed by atoms with van der Waals surface area (Å²) in [5, 5.41) is 0. The van der Waals surface area contributed by atoms with Crippen LogP contribution in [0, 0.1) is 0 Å². The molecule has 0 unspecified atom stereocenters. The molecule has 1 aliphatic rings. The molecule has 1 N–H and O–H groups in total. The summed E-state index contributed by atoms with van der Waals surface area (Å²) >= 11 is 8.29. The number of nitrogens with one attached hydrogen (secondary N) is 1. The van der Waals surface area contributed by atoms with Gasteiger partial charge in [0.05, 0.1) is 6.20 Å². The number of thioether (sulfide) groups is 1. The van der Waals surface area contributed by atoms with Gasteiger partial charge in [-0.3, -0.25) is 0 Å². The zero-order valence-electron chi connectivity index (χ0n) is 8.57. The number of nitrogens with zero attached hydrogens (tertiary/aromatic N) is 1. The number of hydrogen-bond acceptors (Lipinski definition) is 5. The van der Waals surface area contributed by atoms with Crippen molar-refractivity contribution in [2.45, 2.75) is 21.8 Å². The Labute approximate surface area is 108 Å². The Bertz CT molecular complexity index is 481. The van der Waals surface area contributed by atoms with E-state index >= 15 is 0 Å². The first-order valence-electron chi connectivity index (χ1n) is 4.64. The van der Waals surface area contributed by atoms with Crippen LogP contribution in [0.2, 0.25) is 4.47 Å². The van der Waals surface area contributed by atoms with E-state index in [2.05, 4.69) is 9.71 Å². The van der Waals surface area contributed by atoms with Crippen LogP contribution >= 0.6 is 34.7 Å². The van der Waals surface area contributed by atoms with Gasteiger partial charge in [0, 0.05) is 11.3 Å². The van der Waals surface area contributed by atoms with E-state index in [4.69, 9.17) is 11.6 Å². The molecule has 90 valence electrons. The molecular formula is C8H11ClN2O2S3. The van der Waals surface area contributed by atoms with Gasteiger partial charge in [-0.1, -0.05) is 22.9 Å². The Hall–Kier alpha value is 0.180. The van der Waals surface area contributed by atoms with Gasteiger partial charge in [-0.15, -0.1) is 0 Å². The normalized spacial score (nSPS) is 18.6.